The Hall–Kier alpha value is -0.870. The van der Waals surface area contributed by atoms with Crippen molar-refractivity contribution in [3.8, 4) is 0 Å². The highest BCUT2D eigenvalue weighted by atomic mass is 79.9. The molecule has 0 aromatic heterocycles. The molecular weight excluding hydrogens is 318 g/mol. The van der Waals surface area contributed by atoms with Gasteiger partial charge in [0.15, 0.2) is 0 Å². The Kier molecular flexibility index (Phi) is 4.13. The highest BCUT2D eigenvalue weighted by Crippen LogP contribution is 2.28. The first-order valence-electron chi connectivity index (χ1n) is 7.24. The fourth-order valence-corrected chi connectivity index (χ4v) is 3.66. The number of hydrogen-bond donors (Lipinski definition) is 0. The Bertz CT molecular complexity index is 480. The van der Waals surface area contributed by atoms with E-state index in [9.17, 15) is 4.79 Å². The van der Waals surface area contributed by atoms with Crippen LogP contribution < -0.4 is 0 Å². The summed E-state index contributed by atoms with van der Waals surface area (Å²) in [4.78, 5) is 14.7. The number of carbonyl (C=O) groups is 1. The third-order valence-electron chi connectivity index (χ3n) is 4.21. The van der Waals surface area contributed by atoms with Crippen LogP contribution in [0.25, 0.3) is 0 Å². The van der Waals surface area contributed by atoms with Crippen LogP contribution in [-0.2, 0) is 22.4 Å². The van der Waals surface area contributed by atoms with Gasteiger partial charge in [-0.15, -0.1) is 0 Å². The maximum Gasteiger partial charge on any atom is 0.226 e. The number of halogens is 1. The molecule has 1 aromatic rings. The van der Waals surface area contributed by atoms with E-state index in [-0.39, 0.29) is 18.1 Å². The minimum atomic E-state index is 0.117. The summed E-state index contributed by atoms with van der Waals surface area (Å²) in [5.74, 6) is 0.413. The molecule has 3 rings (SSSR count). The zero-order valence-corrected chi connectivity index (χ0v) is 13.3. The van der Waals surface area contributed by atoms with Crippen LogP contribution in [-0.4, -0.2) is 41.4 Å². The van der Waals surface area contributed by atoms with Crippen LogP contribution in [0, 0.1) is 5.92 Å². The van der Waals surface area contributed by atoms with Crippen LogP contribution >= 0.6 is 15.9 Å². The normalized spacial score (nSPS) is 26.6. The van der Waals surface area contributed by atoms with E-state index in [1.165, 1.54) is 11.1 Å². The van der Waals surface area contributed by atoms with Crippen molar-refractivity contribution in [2.75, 3.05) is 18.4 Å². The van der Waals surface area contributed by atoms with Crippen molar-refractivity contribution in [1.29, 1.82) is 0 Å². The average Bonchev–Trinajstić information content (AvgIpc) is 2.89. The molecule has 2 unspecified atom stereocenters. The third-order valence-corrected chi connectivity index (χ3v) is 4.93. The number of amides is 1. The quantitative estimate of drug-likeness (QED) is 0.775. The molecule has 1 amide bonds. The van der Waals surface area contributed by atoms with Gasteiger partial charge in [0.2, 0.25) is 5.91 Å². The van der Waals surface area contributed by atoms with Gasteiger partial charge in [-0.3, -0.25) is 4.79 Å². The van der Waals surface area contributed by atoms with E-state index < -0.39 is 0 Å². The third kappa shape index (κ3) is 2.77. The Morgan fingerprint density at radius 3 is 2.55 bits per heavy atom. The fourth-order valence-electron chi connectivity index (χ4n) is 3.30. The van der Waals surface area contributed by atoms with E-state index in [2.05, 4.69) is 40.2 Å². The minimum Gasteiger partial charge on any atom is -0.371 e. The number of hydrogen-bond acceptors (Lipinski definition) is 2. The van der Waals surface area contributed by atoms with Crippen LogP contribution in [0.2, 0.25) is 0 Å². The van der Waals surface area contributed by atoms with Gasteiger partial charge in [0, 0.05) is 24.3 Å². The van der Waals surface area contributed by atoms with Gasteiger partial charge in [0.05, 0.1) is 12.2 Å². The van der Waals surface area contributed by atoms with Gasteiger partial charge in [0.25, 0.3) is 0 Å². The van der Waals surface area contributed by atoms with Crippen molar-refractivity contribution in [2.45, 2.75) is 32.0 Å². The molecule has 0 radical (unpaired) electrons. The monoisotopic (exact) mass is 337 g/mol. The van der Waals surface area contributed by atoms with Gasteiger partial charge < -0.3 is 9.64 Å². The Morgan fingerprint density at radius 2 is 1.95 bits per heavy atom. The van der Waals surface area contributed by atoms with Crippen molar-refractivity contribution in [3.63, 3.8) is 0 Å². The highest BCUT2D eigenvalue weighted by molar-refractivity contribution is 9.09. The molecule has 1 saturated heterocycles. The number of nitrogens with zero attached hydrogens (tertiary/aromatic N) is 1. The van der Waals surface area contributed by atoms with Crippen LogP contribution in [0.4, 0.5) is 0 Å². The number of rotatable bonds is 2. The molecule has 4 heteroatoms. The average molecular weight is 338 g/mol. The smallest absolute Gasteiger partial charge is 0.226 e. The van der Waals surface area contributed by atoms with Gasteiger partial charge in [-0.1, -0.05) is 40.2 Å². The first kappa shape index (κ1) is 14.1. The molecular formula is C16H20BrNO2. The van der Waals surface area contributed by atoms with Crippen molar-refractivity contribution >= 4 is 21.8 Å². The van der Waals surface area contributed by atoms with Crippen LogP contribution in [0.3, 0.4) is 0 Å². The summed E-state index contributed by atoms with van der Waals surface area (Å²) in [6, 6.07) is 8.41. The zero-order valence-electron chi connectivity index (χ0n) is 11.7. The molecule has 0 spiro atoms. The molecule has 0 N–H and O–H groups in total. The van der Waals surface area contributed by atoms with Gasteiger partial charge in [-0.25, -0.2) is 0 Å². The van der Waals surface area contributed by atoms with Crippen LogP contribution in [0.5, 0.6) is 0 Å². The summed E-state index contributed by atoms with van der Waals surface area (Å²) in [6.45, 7) is 3.47. The van der Waals surface area contributed by atoms with Crippen molar-refractivity contribution in [2.24, 2.45) is 5.92 Å². The van der Waals surface area contributed by atoms with Crippen LogP contribution in [0.15, 0.2) is 24.3 Å². The molecule has 20 heavy (non-hydrogen) atoms. The number of morpholine rings is 1. The second-order valence-electron chi connectivity index (χ2n) is 5.84. The van der Waals surface area contributed by atoms with E-state index in [4.69, 9.17) is 4.74 Å². The van der Waals surface area contributed by atoms with Gasteiger partial charge in [-0.2, -0.15) is 0 Å². The van der Waals surface area contributed by atoms with Gasteiger partial charge >= 0.3 is 0 Å². The maximum atomic E-state index is 12.7. The second-order valence-corrected chi connectivity index (χ2v) is 6.49. The molecule has 2 atom stereocenters. The molecule has 1 heterocycles. The summed E-state index contributed by atoms with van der Waals surface area (Å²) in [5.41, 5.74) is 2.67. The second kappa shape index (κ2) is 5.86. The zero-order chi connectivity index (χ0) is 14.1. The Labute approximate surface area is 128 Å². The van der Waals surface area contributed by atoms with E-state index in [0.717, 1.165) is 24.7 Å². The van der Waals surface area contributed by atoms with Crippen molar-refractivity contribution < 1.29 is 9.53 Å². The maximum absolute atomic E-state index is 12.7. The number of ether oxygens (including phenoxy) is 1. The van der Waals surface area contributed by atoms with E-state index in [1.54, 1.807) is 0 Å². The number of alkyl halides is 1. The van der Waals surface area contributed by atoms with E-state index in [1.807, 2.05) is 11.8 Å². The number of carbonyl (C=O) groups excluding carboxylic acids is 1. The molecule has 1 aliphatic carbocycles. The van der Waals surface area contributed by atoms with E-state index >= 15 is 0 Å². The molecule has 3 nitrogen and oxygen atoms in total. The summed E-state index contributed by atoms with van der Waals surface area (Å²) < 4.78 is 5.80. The molecule has 1 aromatic carbocycles. The van der Waals surface area contributed by atoms with Gasteiger partial charge in [0.1, 0.15) is 0 Å². The molecule has 0 bridgehead atoms. The van der Waals surface area contributed by atoms with Crippen molar-refractivity contribution in [3.05, 3.63) is 35.4 Å². The standard InChI is InChI=1S/C16H20BrNO2/c1-11-9-18(10-15(8-17)20-11)16(19)14-6-12-4-2-3-5-13(12)7-14/h2-5,11,14-15H,6-10H2,1H3. The Morgan fingerprint density at radius 1 is 1.30 bits per heavy atom. The lowest BCUT2D eigenvalue weighted by atomic mass is 10.0. The highest BCUT2D eigenvalue weighted by Gasteiger charge is 2.34. The lowest BCUT2D eigenvalue weighted by Crippen LogP contribution is -2.51. The predicted molar refractivity (Wildman–Crippen MR) is 82.0 cm³/mol. The summed E-state index contributed by atoms with van der Waals surface area (Å²) in [6.07, 6.45) is 2.02. The lowest BCUT2D eigenvalue weighted by Gasteiger charge is -2.37. The number of benzene rings is 1. The molecule has 1 fully saturated rings. The molecule has 1 aliphatic heterocycles. The SMILES string of the molecule is CC1CN(C(=O)C2Cc3ccccc3C2)CC(CBr)O1. The molecule has 2 aliphatic rings. The summed E-state index contributed by atoms with van der Waals surface area (Å²) >= 11 is 3.46. The fraction of sp³-hybridized carbons (Fsp3) is 0.562. The Balaban J connectivity index is 1.68. The van der Waals surface area contributed by atoms with Gasteiger partial charge in [-0.05, 0) is 30.9 Å². The lowest BCUT2D eigenvalue weighted by molar-refractivity contribution is -0.146. The minimum absolute atomic E-state index is 0.117. The van der Waals surface area contributed by atoms with E-state index in [0.29, 0.717) is 12.5 Å². The summed E-state index contributed by atoms with van der Waals surface area (Å²) in [7, 11) is 0. The number of fused-ring (bicyclic) bond motifs is 1. The topological polar surface area (TPSA) is 29.5 Å². The van der Waals surface area contributed by atoms with Crippen LogP contribution in [0.1, 0.15) is 18.1 Å². The van der Waals surface area contributed by atoms with Crippen molar-refractivity contribution in [1.82, 2.24) is 4.90 Å². The first-order valence-corrected chi connectivity index (χ1v) is 8.36. The molecule has 108 valence electrons. The summed E-state index contributed by atoms with van der Waals surface area (Å²) in [5, 5.41) is 0.784. The predicted octanol–water partition coefficient (Wildman–Crippen LogP) is 2.41. The largest absolute Gasteiger partial charge is 0.371 e. The molecule has 0 saturated carbocycles. The first-order chi connectivity index (χ1) is 9.67.